The number of aryl methyl sites for hydroxylation is 2. The number of aromatic nitrogens is 1. The normalized spacial score (nSPS) is 11.3. The molecule has 0 amide bonds. The molecule has 0 fully saturated rings. The molecule has 0 bridgehead atoms. The predicted octanol–water partition coefficient (Wildman–Crippen LogP) is 2.55. The van der Waals surface area contributed by atoms with Crippen molar-refractivity contribution in [3.8, 4) is 5.75 Å². The van der Waals surface area contributed by atoms with Crippen LogP contribution in [0.5, 0.6) is 5.75 Å². The van der Waals surface area contributed by atoms with Gasteiger partial charge in [0.1, 0.15) is 12.4 Å². The van der Waals surface area contributed by atoms with Crippen molar-refractivity contribution < 1.29 is 4.74 Å². The van der Waals surface area contributed by atoms with Gasteiger partial charge in [0.05, 0.1) is 11.6 Å². The van der Waals surface area contributed by atoms with Crippen LogP contribution in [0.1, 0.15) is 15.4 Å². The van der Waals surface area contributed by atoms with Crippen LogP contribution < -0.4 is 15.4 Å². The van der Waals surface area contributed by atoms with Gasteiger partial charge in [-0.2, -0.15) is 0 Å². The number of hydrogen-bond donors (Lipinski definition) is 2. The number of nitrogens with zero attached hydrogens (tertiary/aromatic N) is 2. The third-order valence-electron chi connectivity index (χ3n) is 3.27. The first kappa shape index (κ1) is 17.3. The van der Waals surface area contributed by atoms with Crippen LogP contribution in [-0.4, -0.2) is 37.7 Å². The second-order valence-corrected chi connectivity index (χ2v) is 6.47. The Morgan fingerprint density at radius 3 is 2.70 bits per heavy atom. The molecule has 0 aliphatic heterocycles. The second-order valence-electron chi connectivity index (χ2n) is 5.15. The number of nitrogens with one attached hydrogen (secondary N) is 2. The van der Waals surface area contributed by atoms with E-state index in [0.717, 1.165) is 35.2 Å². The van der Waals surface area contributed by atoms with Crippen LogP contribution in [0, 0.1) is 13.8 Å². The zero-order valence-electron chi connectivity index (χ0n) is 13.9. The summed E-state index contributed by atoms with van der Waals surface area (Å²) in [6.07, 6.45) is 2.81. The SMILES string of the molecule is CN=C(NCCOc1ccccc1C)NCCc1ncc(C)s1. The predicted molar refractivity (Wildman–Crippen MR) is 96.6 cm³/mol. The summed E-state index contributed by atoms with van der Waals surface area (Å²) >= 11 is 1.74. The minimum Gasteiger partial charge on any atom is -0.491 e. The number of benzene rings is 1. The summed E-state index contributed by atoms with van der Waals surface area (Å²) in [4.78, 5) is 9.81. The number of rotatable bonds is 7. The van der Waals surface area contributed by atoms with Crippen LogP contribution in [0.4, 0.5) is 0 Å². The van der Waals surface area contributed by atoms with E-state index in [1.807, 2.05) is 37.4 Å². The molecule has 1 heterocycles. The molecule has 0 atom stereocenters. The lowest BCUT2D eigenvalue weighted by Gasteiger charge is -2.13. The quantitative estimate of drug-likeness (QED) is 0.465. The molecular weight excluding hydrogens is 308 g/mol. The summed E-state index contributed by atoms with van der Waals surface area (Å²) in [6.45, 7) is 6.22. The zero-order chi connectivity index (χ0) is 16.5. The van der Waals surface area contributed by atoms with E-state index >= 15 is 0 Å². The Morgan fingerprint density at radius 2 is 2.00 bits per heavy atom. The molecule has 2 rings (SSSR count). The van der Waals surface area contributed by atoms with Gasteiger partial charge in [0.2, 0.25) is 0 Å². The zero-order valence-corrected chi connectivity index (χ0v) is 14.7. The molecule has 0 unspecified atom stereocenters. The van der Waals surface area contributed by atoms with Crippen molar-refractivity contribution in [1.29, 1.82) is 0 Å². The first-order chi connectivity index (χ1) is 11.2. The highest BCUT2D eigenvalue weighted by Crippen LogP contribution is 2.15. The average Bonchev–Trinajstić information content (AvgIpc) is 2.96. The van der Waals surface area contributed by atoms with Gasteiger partial charge in [-0.25, -0.2) is 4.98 Å². The minimum atomic E-state index is 0.594. The highest BCUT2D eigenvalue weighted by Gasteiger charge is 2.01. The molecule has 0 saturated heterocycles. The van der Waals surface area contributed by atoms with Crippen molar-refractivity contribution in [3.05, 3.63) is 45.9 Å². The van der Waals surface area contributed by atoms with Gasteiger partial charge in [-0.3, -0.25) is 4.99 Å². The minimum absolute atomic E-state index is 0.594. The van der Waals surface area contributed by atoms with E-state index in [0.29, 0.717) is 13.2 Å². The van der Waals surface area contributed by atoms with Crippen LogP contribution in [0.15, 0.2) is 35.5 Å². The summed E-state index contributed by atoms with van der Waals surface area (Å²) < 4.78 is 5.75. The lowest BCUT2D eigenvalue weighted by atomic mass is 10.2. The topological polar surface area (TPSA) is 58.5 Å². The van der Waals surface area contributed by atoms with Crippen LogP contribution in [0.25, 0.3) is 0 Å². The van der Waals surface area contributed by atoms with E-state index < -0.39 is 0 Å². The molecule has 124 valence electrons. The van der Waals surface area contributed by atoms with Gasteiger partial charge in [-0.05, 0) is 25.5 Å². The lowest BCUT2D eigenvalue weighted by molar-refractivity contribution is 0.320. The maximum atomic E-state index is 5.75. The second kappa shape index (κ2) is 9.15. The molecular formula is C17H24N4OS. The summed E-state index contributed by atoms with van der Waals surface area (Å²) in [5.74, 6) is 1.71. The van der Waals surface area contributed by atoms with Crippen molar-refractivity contribution in [1.82, 2.24) is 15.6 Å². The average molecular weight is 332 g/mol. The third-order valence-corrected chi connectivity index (χ3v) is 4.24. The van der Waals surface area contributed by atoms with Gasteiger partial charge >= 0.3 is 0 Å². The van der Waals surface area contributed by atoms with Crippen molar-refractivity contribution in [2.24, 2.45) is 4.99 Å². The number of aliphatic imine (C=N–C) groups is 1. The number of para-hydroxylation sites is 1. The molecule has 0 radical (unpaired) electrons. The number of hydrogen-bond acceptors (Lipinski definition) is 4. The molecule has 0 saturated carbocycles. The first-order valence-corrected chi connectivity index (χ1v) is 8.55. The smallest absolute Gasteiger partial charge is 0.191 e. The third kappa shape index (κ3) is 5.90. The van der Waals surface area contributed by atoms with Crippen molar-refractivity contribution in [2.45, 2.75) is 20.3 Å². The van der Waals surface area contributed by atoms with E-state index in [4.69, 9.17) is 4.74 Å². The van der Waals surface area contributed by atoms with E-state index in [1.54, 1.807) is 18.4 Å². The standard InChI is InChI=1S/C17H24N4OS/c1-13-6-4-5-7-15(13)22-11-10-20-17(18-3)19-9-8-16-21-12-14(2)23-16/h4-7,12H,8-11H2,1-3H3,(H2,18,19,20). The molecule has 1 aromatic heterocycles. The highest BCUT2D eigenvalue weighted by atomic mass is 32.1. The van der Waals surface area contributed by atoms with Gasteiger partial charge in [0, 0.05) is 31.1 Å². The Balaban J connectivity index is 1.64. The first-order valence-electron chi connectivity index (χ1n) is 7.73. The molecule has 0 aliphatic carbocycles. The maximum Gasteiger partial charge on any atom is 0.191 e. The highest BCUT2D eigenvalue weighted by molar-refractivity contribution is 7.11. The molecule has 0 aliphatic rings. The van der Waals surface area contributed by atoms with Crippen LogP contribution in [0.3, 0.4) is 0 Å². The Kier molecular flexibility index (Phi) is 6.87. The van der Waals surface area contributed by atoms with Crippen molar-refractivity contribution in [2.75, 3.05) is 26.7 Å². The summed E-state index contributed by atoms with van der Waals surface area (Å²) in [7, 11) is 1.77. The Hall–Kier alpha value is -2.08. The van der Waals surface area contributed by atoms with Gasteiger partial charge in [-0.1, -0.05) is 18.2 Å². The van der Waals surface area contributed by atoms with Crippen molar-refractivity contribution in [3.63, 3.8) is 0 Å². The monoisotopic (exact) mass is 332 g/mol. The van der Waals surface area contributed by atoms with E-state index in [-0.39, 0.29) is 0 Å². The molecule has 0 spiro atoms. The molecule has 23 heavy (non-hydrogen) atoms. The molecule has 5 nitrogen and oxygen atoms in total. The van der Waals surface area contributed by atoms with Crippen molar-refractivity contribution >= 4 is 17.3 Å². The summed E-state index contributed by atoms with van der Waals surface area (Å²) in [6, 6.07) is 8.02. The fraction of sp³-hybridized carbons (Fsp3) is 0.412. The summed E-state index contributed by atoms with van der Waals surface area (Å²) in [5, 5.41) is 7.68. The molecule has 2 aromatic rings. The lowest BCUT2D eigenvalue weighted by Crippen LogP contribution is -2.40. The summed E-state index contributed by atoms with van der Waals surface area (Å²) in [5.41, 5.74) is 1.15. The number of thiazole rings is 1. The van der Waals surface area contributed by atoms with Gasteiger partial charge in [0.15, 0.2) is 5.96 Å². The fourth-order valence-electron chi connectivity index (χ4n) is 2.07. The van der Waals surface area contributed by atoms with Gasteiger partial charge in [0.25, 0.3) is 0 Å². The molecule has 1 aromatic carbocycles. The van der Waals surface area contributed by atoms with E-state index in [2.05, 4.69) is 27.5 Å². The molecule has 2 N–H and O–H groups in total. The van der Waals surface area contributed by atoms with Gasteiger partial charge < -0.3 is 15.4 Å². The fourth-order valence-corrected chi connectivity index (χ4v) is 2.86. The van der Waals surface area contributed by atoms with Crippen LogP contribution in [-0.2, 0) is 6.42 Å². The maximum absolute atomic E-state index is 5.75. The Bertz CT molecular complexity index is 639. The van der Waals surface area contributed by atoms with E-state index in [9.17, 15) is 0 Å². The van der Waals surface area contributed by atoms with Crippen LogP contribution in [0.2, 0.25) is 0 Å². The van der Waals surface area contributed by atoms with Crippen LogP contribution >= 0.6 is 11.3 Å². The number of guanidine groups is 1. The van der Waals surface area contributed by atoms with Gasteiger partial charge in [-0.15, -0.1) is 11.3 Å². The largest absolute Gasteiger partial charge is 0.491 e. The molecule has 6 heteroatoms. The Morgan fingerprint density at radius 1 is 1.22 bits per heavy atom. The van der Waals surface area contributed by atoms with E-state index in [1.165, 1.54) is 4.88 Å². The Labute approximate surface area is 141 Å². The number of ether oxygens (including phenoxy) is 1.